The van der Waals surface area contributed by atoms with Crippen LogP contribution in [0, 0.1) is 0 Å². The van der Waals surface area contributed by atoms with Gasteiger partial charge in [-0.25, -0.2) is 0 Å². The second-order valence-corrected chi connectivity index (χ2v) is 5.03. The number of carboxylic acids is 1. The molecule has 1 rings (SSSR count). The Hall–Kier alpha value is -0.290. The molecule has 80 valence electrons. The van der Waals surface area contributed by atoms with Gasteiger partial charge < -0.3 is 5.11 Å². The first-order valence-corrected chi connectivity index (χ1v) is 6.00. The Balaban J connectivity index is 2.86. The van der Waals surface area contributed by atoms with Gasteiger partial charge in [-0.1, -0.05) is 41.5 Å². The number of benzene rings is 1. The van der Waals surface area contributed by atoms with Crippen LogP contribution in [0.1, 0.15) is 5.56 Å². The number of aliphatic carboxylic acids is 1. The van der Waals surface area contributed by atoms with Gasteiger partial charge in [0.2, 0.25) is 0 Å². The first-order chi connectivity index (χ1) is 7.02. The van der Waals surface area contributed by atoms with Gasteiger partial charge in [-0.2, -0.15) is 0 Å². The van der Waals surface area contributed by atoms with Crippen LogP contribution in [0.5, 0.6) is 0 Å². The Kier molecular flexibility index (Phi) is 4.86. The van der Waals surface area contributed by atoms with Crippen LogP contribution in [0.3, 0.4) is 0 Å². The molecule has 0 heterocycles. The third-order valence-electron chi connectivity index (χ3n) is 1.49. The summed E-state index contributed by atoms with van der Waals surface area (Å²) in [5, 5.41) is 9.37. The molecule has 0 spiro atoms. The molecule has 0 unspecified atom stereocenters. The highest BCUT2D eigenvalue weighted by Gasteiger charge is 2.12. The van der Waals surface area contributed by atoms with Crippen molar-refractivity contribution in [2.75, 3.05) is 5.75 Å². The van der Waals surface area contributed by atoms with Gasteiger partial charge in [0.25, 0.3) is 0 Å². The maximum atomic E-state index is 10.4. The van der Waals surface area contributed by atoms with Crippen LogP contribution in [-0.2, 0) is 4.79 Å². The largest absolute Gasteiger partial charge is 0.481 e. The van der Waals surface area contributed by atoms with Crippen molar-refractivity contribution in [2.24, 2.45) is 0 Å². The lowest BCUT2D eigenvalue weighted by molar-refractivity contribution is -0.133. The maximum absolute atomic E-state index is 10.4. The van der Waals surface area contributed by atoms with Crippen LogP contribution in [0.25, 0.3) is 0 Å². The summed E-state index contributed by atoms with van der Waals surface area (Å²) in [6.45, 7) is 0. The minimum atomic E-state index is -0.925. The molecular formula is C9H6Cl2O2S2. The highest BCUT2D eigenvalue weighted by molar-refractivity contribution is 8.24. The fourth-order valence-corrected chi connectivity index (χ4v) is 2.72. The summed E-state index contributed by atoms with van der Waals surface area (Å²) in [7, 11) is 0. The molecule has 0 radical (unpaired) electrons. The average Bonchev–Trinajstić information content (AvgIpc) is 2.14. The molecule has 6 heteroatoms. The van der Waals surface area contributed by atoms with Crippen LogP contribution in [-0.4, -0.2) is 21.0 Å². The molecule has 0 aromatic heterocycles. The van der Waals surface area contributed by atoms with Crippen molar-refractivity contribution in [1.82, 2.24) is 0 Å². The van der Waals surface area contributed by atoms with Crippen LogP contribution in [0.2, 0.25) is 10.0 Å². The summed E-state index contributed by atoms with van der Waals surface area (Å²) in [6, 6.07) is 5.03. The molecule has 0 saturated carbocycles. The molecule has 1 aromatic carbocycles. The van der Waals surface area contributed by atoms with Crippen LogP contribution >= 0.6 is 47.2 Å². The summed E-state index contributed by atoms with van der Waals surface area (Å²) in [4.78, 5) is 10.4. The lowest BCUT2D eigenvalue weighted by atomic mass is 10.2. The van der Waals surface area contributed by atoms with E-state index in [9.17, 15) is 4.79 Å². The van der Waals surface area contributed by atoms with Crippen LogP contribution in [0.15, 0.2) is 18.2 Å². The minimum absolute atomic E-state index is 0.0968. The summed E-state index contributed by atoms with van der Waals surface area (Å²) in [5.74, 6) is -1.02. The number of carbonyl (C=O) groups is 1. The van der Waals surface area contributed by atoms with Crippen LogP contribution in [0.4, 0.5) is 0 Å². The fraction of sp³-hybridized carbons (Fsp3) is 0.111. The topological polar surface area (TPSA) is 37.3 Å². The Morgan fingerprint density at radius 3 is 2.40 bits per heavy atom. The first-order valence-electron chi connectivity index (χ1n) is 3.85. The summed E-state index contributed by atoms with van der Waals surface area (Å²) in [5.41, 5.74) is 0.530. The van der Waals surface area contributed by atoms with Gasteiger partial charge in [-0.3, -0.25) is 4.79 Å². The van der Waals surface area contributed by atoms with Crippen LogP contribution < -0.4 is 0 Å². The van der Waals surface area contributed by atoms with Crippen molar-refractivity contribution < 1.29 is 9.90 Å². The SMILES string of the molecule is O=C(O)CSC(=S)c1c(Cl)cccc1Cl. The van der Waals surface area contributed by atoms with E-state index in [0.29, 0.717) is 19.8 Å². The van der Waals surface area contributed by atoms with Crippen molar-refractivity contribution in [2.45, 2.75) is 0 Å². The van der Waals surface area contributed by atoms with Gasteiger partial charge in [0.05, 0.1) is 20.0 Å². The molecule has 0 aliphatic rings. The fourth-order valence-electron chi connectivity index (χ4n) is 0.892. The number of hydrogen-bond acceptors (Lipinski definition) is 3. The molecule has 0 atom stereocenters. The second kappa shape index (κ2) is 5.70. The van der Waals surface area contributed by atoms with Gasteiger partial charge in [0.15, 0.2) is 0 Å². The Morgan fingerprint density at radius 1 is 1.40 bits per heavy atom. The number of thiocarbonyl (C=S) groups is 1. The molecule has 15 heavy (non-hydrogen) atoms. The van der Waals surface area contributed by atoms with E-state index in [1.54, 1.807) is 18.2 Å². The Labute approximate surface area is 107 Å². The standard InChI is InChI=1S/C9H6Cl2O2S2/c10-5-2-1-3-6(11)8(5)9(14)15-4-7(12)13/h1-3H,4H2,(H,12,13). The predicted octanol–water partition coefficient (Wildman–Crippen LogP) is 3.49. The molecule has 0 aliphatic heterocycles. The normalized spacial score (nSPS) is 10.0. The smallest absolute Gasteiger partial charge is 0.313 e. The molecule has 0 saturated heterocycles. The lowest BCUT2D eigenvalue weighted by Gasteiger charge is -2.06. The quantitative estimate of drug-likeness (QED) is 0.861. The van der Waals surface area contributed by atoms with E-state index in [1.807, 2.05) is 0 Å². The van der Waals surface area contributed by atoms with Crippen molar-refractivity contribution in [3.8, 4) is 0 Å². The van der Waals surface area contributed by atoms with E-state index in [4.69, 9.17) is 40.5 Å². The van der Waals surface area contributed by atoms with E-state index in [2.05, 4.69) is 0 Å². The summed E-state index contributed by atoms with van der Waals surface area (Å²) < 4.78 is 0.396. The summed E-state index contributed by atoms with van der Waals surface area (Å²) in [6.07, 6.45) is 0. The van der Waals surface area contributed by atoms with E-state index in [-0.39, 0.29) is 5.75 Å². The summed E-state index contributed by atoms with van der Waals surface area (Å²) >= 11 is 17.9. The van der Waals surface area contributed by atoms with Crippen molar-refractivity contribution in [3.05, 3.63) is 33.8 Å². The highest BCUT2D eigenvalue weighted by atomic mass is 35.5. The van der Waals surface area contributed by atoms with E-state index in [0.717, 1.165) is 11.8 Å². The van der Waals surface area contributed by atoms with Gasteiger partial charge in [-0.05, 0) is 12.1 Å². The predicted molar refractivity (Wildman–Crippen MR) is 68.3 cm³/mol. The monoisotopic (exact) mass is 280 g/mol. The lowest BCUT2D eigenvalue weighted by Crippen LogP contribution is -2.03. The van der Waals surface area contributed by atoms with E-state index < -0.39 is 5.97 Å². The van der Waals surface area contributed by atoms with E-state index in [1.165, 1.54) is 0 Å². The third kappa shape index (κ3) is 3.65. The molecule has 1 aromatic rings. The van der Waals surface area contributed by atoms with Crippen molar-refractivity contribution in [1.29, 1.82) is 0 Å². The molecular weight excluding hydrogens is 275 g/mol. The maximum Gasteiger partial charge on any atom is 0.313 e. The van der Waals surface area contributed by atoms with Gasteiger partial charge in [0.1, 0.15) is 0 Å². The zero-order chi connectivity index (χ0) is 11.4. The number of halogens is 2. The highest BCUT2D eigenvalue weighted by Crippen LogP contribution is 2.28. The molecule has 0 bridgehead atoms. The average molecular weight is 281 g/mol. The number of carboxylic acid groups (broad SMARTS) is 1. The molecule has 0 aliphatic carbocycles. The molecule has 2 nitrogen and oxygen atoms in total. The Bertz CT molecular complexity index is 387. The van der Waals surface area contributed by atoms with E-state index >= 15 is 0 Å². The molecule has 0 fully saturated rings. The number of rotatable bonds is 3. The van der Waals surface area contributed by atoms with Crippen molar-refractivity contribution >= 4 is 57.3 Å². The molecule has 1 N–H and O–H groups in total. The zero-order valence-corrected chi connectivity index (χ0v) is 10.5. The molecule has 0 amide bonds. The van der Waals surface area contributed by atoms with Gasteiger partial charge >= 0.3 is 5.97 Å². The second-order valence-electron chi connectivity index (χ2n) is 2.57. The minimum Gasteiger partial charge on any atom is -0.481 e. The van der Waals surface area contributed by atoms with Gasteiger partial charge in [0, 0.05) is 5.56 Å². The number of hydrogen-bond donors (Lipinski definition) is 1. The van der Waals surface area contributed by atoms with Crippen molar-refractivity contribution in [3.63, 3.8) is 0 Å². The van der Waals surface area contributed by atoms with Gasteiger partial charge in [-0.15, -0.1) is 11.8 Å². The zero-order valence-electron chi connectivity index (χ0n) is 7.37. The number of thioether (sulfide) groups is 1. The Morgan fingerprint density at radius 2 is 1.93 bits per heavy atom. The first kappa shape index (κ1) is 12.8. The third-order valence-corrected chi connectivity index (χ3v) is 3.54.